The molecule has 4 rings (SSSR count). The van der Waals surface area contributed by atoms with E-state index in [0.29, 0.717) is 12.1 Å². The lowest BCUT2D eigenvalue weighted by Gasteiger charge is -2.30. The van der Waals surface area contributed by atoms with Crippen molar-refractivity contribution in [3.8, 4) is 0 Å². The topological polar surface area (TPSA) is 75.5 Å². The molecule has 28 heavy (non-hydrogen) atoms. The molecule has 0 bridgehead atoms. The van der Waals surface area contributed by atoms with Crippen LogP contribution in [0, 0.1) is 10.1 Å². The molecule has 0 aliphatic carbocycles. The molecule has 1 N–H and O–H groups in total. The predicted octanol–water partition coefficient (Wildman–Crippen LogP) is 4.19. The van der Waals surface area contributed by atoms with E-state index < -0.39 is 4.92 Å². The van der Waals surface area contributed by atoms with Crippen LogP contribution in [0.25, 0.3) is 0 Å². The van der Waals surface area contributed by atoms with E-state index in [9.17, 15) is 14.9 Å². The summed E-state index contributed by atoms with van der Waals surface area (Å²) in [5.74, 6) is -0.232. The van der Waals surface area contributed by atoms with Crippen LogP contribution in [0.15, 0.2) is 66.0 Å². The van der Waals surface area contributed by atoms with Gasteiger partial charge in [-0.15, -0.1) is 11.3 Å². The molecule has 0 saturated heterocycles. The Hall–Kier alpha value is -3.19. The van der Waals surface area contributed by atoms with Gasteiger partial charge in [-0.25, -0.2) is 0 Å². The number of hydrogen-bond donors (Lipinski definition) is 1. The Bertz CT molecular complexity index is 986. The SMILES string of the molecule is O=C(NCC(c1cccs1)N1CCc2ccccc21)c1ccc([N+](=O)[O-])cc1. The zero-order chi connectivity index (χ0) is 19.5. The first-order chi connectivity index (χ1) is 13.6. The van der Waals surface area contributed by atoms with Gasteiger partial charge in [-0.2, -0.15) is 0 Å². The van der Waals surface area contributed by atoms with Crippen LogP contribution in [-0.4, -0.2) is 23.9 Å². The molecule has 0 spiro atoms. The number of thiophene rings is 1. The normalized spacial score (nSPS) is 13.8. The number of fused-ring (bicyclic) bond motifs is 1. The van der Waals surface area contributed by atoms with Crippen LogP contribution in [0.4, 0.5) is 11.4 Å². The van der Waals surface area contributed by atoms with E-state index >= 15 is 0 Å². The molecular formula is C21H19N3O3S. The lowest BCUT2D eigenvalue weighted by atomic mass is 10.1. The third-order valence-electron chi connectivity index (χ3n) is 4.97. The fourth-order valence-electron chi connectivity index (χ4n) is 3.56. The Morgan fingerprint density at radius 1 is 1.14 bits per heavy atom. The zero-order valence-electron chi connectivity index (χ0n) is 15.1. The highest BCUT2D eigenvalue weighted by Gasteiger charge is 2.28. The van der Waals surface area contributed by atoms with Gasteiger partial charge in [0.25, 0.3) is 11.6 Å². The fourth-order valence-corrected chi connectivity index (χ4v) is 4.40. The van der Waals surface area contributed by atoms with Gasteiger partial charge >= 0.3 is 0 Å². The maximum atomic E-state index is 12.6. The van der Waals surface area contributed by atoms with Crippen LogP contribution in [0.1, 0.15) is 26.8 Å². The highest BCUT2D eigenvalue weighted by atomic mass is 32.1. The number of rotatable bonds is 6. The van der Waals surface area contributed by atoms with Crippen LogP contribution < -0.4 is 10.2 Å². The number of nitro benzene ring substituents is 1. The minimum Gasteiger partial charge on any atom is -0.361 e. The Labute approximate surface area is 166 Å². The summed E-state index contributed by atoms with van der Waals surface area (Å²) >= 11 is 1.68. The van der Waals surface area contributed by atoms with E-state index in [-0.39, 0.29) is 17.6 Å². The second kappa shape index (κ2) is 7.82. The summed E-state index contributed by atoms with van der Waals surface area (Å²) in [7, 11) is 0. The van der Waals surface area contributed by atoms with Gasteiger partial charge in [0.15, 0.2) is 0 Å². The quantitative estimate of drug-likeness (QED) is 0.503. The molecule has 142 valence electrons. The third kappa shape index (κ3) is 3.61. The number of benzene rings is 2. The predicted molar refractivity (Wildman–Crippen MR) is 110 cm³/mol. The van der Waals surface area contributed by atoms with Crippen molar-refractivity contribution in [2.75, 3.05) is 18.0 Å². The second-order valence-electron chi connectivity index (χ2n) is 6.62. The molecule has 1 aliphatic rings. The van der Waals surface area contributed by atoms with Gasteiger partial charge in [-0.3, -0.25) is 14.9 Å². The zero-order valence-corrected chi connectivity index (χ0v) is 15.9. The Morgan fingerprint density at radius 3 is 2.64 bits per heavy atom. The molecule has 1 atom stereocenters. The van der Waals surface area contributed by atoms with E-state index in [1.807, 2.05) is 17.5 Å². The minimum absolute atomic E-state index is 0.0262. The molecule has 1 amide bonds. The Balaban J connectivity index is 1.51. The van der Waals surface area contributed by atoms with Crippen LogP contribution in [0.5, 0.6) is 0 Å². The summed E-state index contributed by atoms with van der Waals surface area (Å²) in [5, 5.41) is 15.8. The summed E-state index contributed by atoms with van der Waals surface area (Å²) in [6, 6.07) is 18.2. The number of anilines is 1. The Morgan fingerprint density at radius 2 is 1.93 bits per heavy atom. The van der Waals surface area contributed by atoms with Crippen LogP contribution >= 0.6 is 11.3 Å². The molecule has 7 heteroatoms. The van der Waals surface area contributed by atoms with Gasteiger partial charge in [-0.05, 0) is 41.6 Å². The number of amides is 1. The number of hydrogen-bond acceptors (Lipinski definition) is 5. The first-order valence-corrected chi connectivity index (χ1v) is 9.92. The molecule has 0 fully saturated rings. The number of carbonyl (C=O) groups is 1. The summed E-state index contributed by atoms with van der Waals surface area (Å²) in [5.41, 5.74) is 2.93. The fraction of sp³-hybridized carbons (Fsp3) is 0.190. The molecule has 2 heterocycles. The van der Waals surface area contributed by atoms with Crippen molar-refractivity contribution >= 4 is 28.6 Å². The number of carbonyl (C=O) groups excluding carboxylic acids is 1. The lowest BCUT2D eigenvalue weighted by molar-refractivity contribution is -0.384. The number of nitrogens with one attached hydrogen (secondary N) is 1. The maximum Gasteiger partial charge on any atom is 0.269 e. The molecule has 0 radical (unpaired) electrons. The molecule has 6 nitrogen and oxygen atoms in total. The minimum atomic E-state index is -0.473. The smallest absolute Gasteiger partial charge is 0.269 e. The molecule has 1 aliphatic heterocycles. The molecule has 0 saturated carbocycles. The molecule has 3 aromatic rings. The average molecular weight is 393 g/mol. The van der Waals surface area contributed by atoms with E-state index in [1.54, 1.807) is 11.3 Å². The highest BCUT2D eigenvalue weighted by Crippen LogP contribution is 2.36. The van der Waals surface area contributed by atoms with E-state index in [2.05, 4.69) is 34.5 Å². The largest absolute Gasteiger partial charge is 0.361 e. The van der Waals surface area contributed by atoms with Gasteiger partial charge in [0, 0.05) is 41.4 Å². The highest BCUT2D eigenvalue weighted by molar-refractivity contribution is 7.10. The number of nitro groups is 1. The lowest BCUT2D eigenvalue weighted by Crippen LogP contribution is -2.37. The van der Waals surface area contributed by atoms with Crippen molar-refractivity contribution < 1.29 is 9.72 Å². The molecule has 1 aromatic heterocycles. The summed E-state index contributed by atoms with van der Waals surface area (Å²) in [6.07, 6.45) is 0.994. The standard InChI is InChI=1S/C21H19N3O3S/c25-21(16-7-9-17(10-8-16)24(26)27)22-14-19(20-6-3-13-28-20)23-12-11-15-4-1-2-5-18(15)23/h1-10,13,19H,11-12,14H2,(H,22,25). The summed E-state index contributed by atoms with van der Waals surface area (Å²) in [4.78, 5) is 26.4. The van der Waals surface area contributed by atoms with Gasteiger partial charge in [0.2, 0.25) is 0 Å². The van der Waals surface area contributed by atoms with Crippen molar-refractivity contribution in [1.82, 2.24) is 5.32 Å². The number of non-ortho nitro benzene ring substituents is 1. The first kappa shape index (κ1) is 18.2. The van der Waals surface area contributed by atoms with Gasteiger partial charge in [-0.1, -0.05) is 24.3 Å². The number of nitrogens with zero attached hydrogens (tertiary/aromatic N) is 2. The van der Waals surface area contributed by atoms with Crippen molar-refractivity contribution in [3.05, 3.63) is 92.2 Å². The van der Waals surface area contributed by atoms with Gasteiger partial charge in [0.1, 0.15) is 0 Å². The van der Waals surface area contributed by atoms with Crippen molar-refractivity contribution in [2.45, 2.75) is 12.5 Å². The third-order valence-corrected chi connectivity index (χ3v) is 5.94. The second-order valence-corrected chi connectivity index (χ2v) is 7.60. The Kier molecular flexibility index (Phi) is 5.08. The van der Waals surface area contributed by atoms with Crippen molar-refractivity contribution in [2.24, 2.45) is 0 Å². The van der Waals surface area contributed by atoms with Gasteiger partial charge in [0.05, 0.1) is 11.0 Å². The van der Waals surface area contributed by atoms with E-state index in [4.69, 9.17) is 0 Å². The first-order valence-electron chi connectivity index (χ1n) is 9.04. The average Bonchev–Trinajstić information content (AvgIpc) is 3.39. The van der Waals surface area contributed by atoms with E-state index in [0.717, 1.165) is 13.0 Å². The monoisotopic (exact) mass is 393 g/mol. The summed E-state index contributed by atoms with van der Waals surface area (Å²) in [6.45, 7) is 1.37. The van der Waals surface area contributed by atoms with Crippen molar-refractivity contribution in [3.63, 3.8) is 0 Å². The maximum absolute atomic E-state index is 12.6. The molecule has 1 unspecified atom stereocenters. The van der Waals surface area contributed by atoms with Crippen LogP contribution in [0.2, 0.25) is 0 Å². The van der Waals surface area contributed by atoms with Gasteiger partial charge < -0.3 is 10.2 Å². The van der Waals surface area contributed by atoms with Crippen molar-refractivity contribution in [1.29, 1.82) is 0 Å². The van der Waals surface area contributed by atoms with E-state index in [1.165, 1.54) is 40.4 Å². The molecule has 2 aromatic carbocycles. The molecular weight excluding hydrogens is 374 g/mol. The van der Waals surface area contributed by atoms with Crippen LogP contribution in [-0.2, 0) is 6.42 Å². The van der Waals surface area contributed by atoms with Crippen LogP contribution in [0.3, 0.4) is 0 Å². The summed E-state index contributed by atoms with van der Waals surface area (Å²) < 4.78 is 0. The number of para-hydroxylation sites is 1.